The van der Waals surface area contributed by atoms with E-state index in [-0.39, 0.29) is 21.1 Å². The Morgan fingerprint density at radius 1 is 1.30 bits per heavy atom. The second kappa shape index (κ2) is 6.92. The normalized spacial score (nSPS) is 11.5. The van der Waals surface area contributed by atoms with E-state index in [1.807, 2.05) is 20.8 Å². The van der Waals surface area contributed by atoms with Gasteiger partial charge in [-0.15, -0.1) is 0 Å². The van der Waals surface area contributed by atoms with E-state index in [9.17, 15) is 14.0 Å². The van der Waals surface area contributed by atoms with Crippen molar-refractivity contribution < 1.29 is 14.0 Å². The first kappa shape index (κ1) is 17.5. The predicted molar refractivity (Wildman–Crippen MR) is 81.1 cm³/mol. The average Bonchev–Trinajstić information content (AvgIpc) is 2.28. The number of carbonyl (C=O) groups is 2. The lowest BCUT2D eigenvalue weighted by atomic mass is 9.91. The fraction of sp³-hybridized carbons (Fsp3) is 0.429. The van der Waals surface area contributed by atoms with Gasteiger partial charge in [0.25, 0.3) is 5.24 Å². The Morgan fingerprint density at radius 2 is 1.90 bits per heavy atom. The monoisotopic (exact) mass is 336 g/mol. The zero-order valence-corrected chi connectivity index (χ0v) is 13.8. The van der Waals surface area contributed by atoms with Crippen molar-refractivity contribution in [3.05, 3.63) is 28.5 Å². The SMILES string of the molecule is CC(C)(C)CCC(=O)Sc1cc(C(=O)Cl)c(F)cc1Cl. The van der Waals surface area contributed by atoms with Crippen LogP contribution in [0.2, 0.25) is 5.02 Å². The van der Waals surface area contributed by atoms with E-state index < -0.39 is 11.1 Å². The quantitative estimate of drug-likeness (QED) is 0.552. The second-order valence-corrected chi connectivity index (χ2v) is 7.42. The number of hydrogen-bond acceptors (Lipinski definition) is 3. The molecule has 20 heavy (non-hydrogen) atoms. The summed E-state index contributed by atoms with van der Waals surface area (Å²) < 4.78 is 13.4. The average molecular weight is 337 g/mol. The molecule has 0 fully saturated rings. The van der Waals surface area contributed by atoms with Crippen molar-refractivity contribution in [3.8, 4) is 0 Å². The first-order valence-corrected chi connectivity index (χ1v) is 7.57. The van der Waals surface area contributed by atoms with E-state index in [4.69, 9.17) is 23.2 Å². The molecule has 1 rings (SSSR count). The molecule has 0 atom stereocenters. The highest BCUT2D eigenvalue weighted by molar-refractivity contribution is 8.13. The third-order valence-electron chi connectivity index (χ3n) is 2.54. The van der Waals surface area contributed by atoms with Crippen molar-refractivity contribution in [3.63, 3.8) is 0 Å². The third kappa shape index (κ3) is 5.43. The van der Waals surface area contributed by atoms with Crippen molar-refractivity contribution in [2.24, 2.45) is 5.41 Å². The maximum atomic E-state index is 13.4. The fourth-order valence-electron chi connectivity index (χ4n) is 1.41. The molecule has 0 N–H and O–H groups in total. The van der Waals surface area contributed by atoms with Crippen LogP contribution in [0.1, 0.15) is 44.0 Å². The molecule has 0 aliphatic carbocycles. The number of rotatable bonds is 4. The summed E-state index contributed by atoms with van der Waals surface area (Å²) in [6, 6.07) is 2.21. The molecule has 0 amide bonds. The molecule has 0 spiro atoms. The van der Waals surface area contributed by atoms with Crippen LogP contribution in [0.25, 0.3) is 0 Å². The van der Waals surface area contributed by atoms with Crippen molar-refractivity contribution >= 4 is 45.3 Å². The molecule has 110 valence electrons. The Labute approximate surface area is 132 Å². The highest BCUT2D eigenvalue weighted by atomic mass is 35.5. The molecule has 0 aliphatic heterocycles. The maximum Gasteiger partial charge on any atom is 0.255 e. The molecule has 2 nitrogen and oxygen atoms in total. The molecule has 0 aliphatic rings. The Balaban J connectivity index is 2.85. The first-order chi connectivity index (χ1) is 9.10. The lowest BCUT2D eigenvalue weighted by Gasteiger charge is -2.16. The zero-order chi connectivity index (χ0) is 15.5. The summed E-state index contributed by atoms with van der Waals surface area (Å²) in [6.07, 6.45) is 1.12. The van der Waals surface area contributed by atoms with E-state index in [2.05, 4.69) is 0 Å². The Hall–Kier alpha value is -0.580. The zero-order valence-electron chi connectivity index (χ0n) is 11.4. The molecular weight excluding hydrogens is 322 g/mol. The molecule has 1 aromatic carbocycles. The van der Waals surface area contributed by atoms with Gasteiger partial charge < -0.3 is 0 Å². The van der Waals surface area contributed by atoms with E-state index in [0.29, 0.717) is 11.3 Å². The van der Waals surface area contributed by atoms with Gasteiger partial charge in [-0.3, -0.25) is 9.59 Å². The van der Waals surface area contributed by atoms with Crippen LogP contribution in [0.15, 0.2) is 17.0 Å². The van der Waals surface area contributed by atoms with Crippen LogP contribution in [0.3, 0.4) is 0 Å². The van der Waals surface area contributed by atoms with Crippen molar-refractivity contribution in [2.75, 3.05) is 0 Å². The molecule has 0 unspecified atom stereocenters. The molecule has 0 radical (unpaired) electrons. The highest BCUT2D eigenvalue weighted by Gasteiger charge is 2.18. The van der Waals surface area contributed by atoms with Crippen molar-refractivity contribution in [1.82, 2.24) is 0 Å². The van der Waals surface area contributed by atoms with Gasteiger partial charge in [0.05, 0.1) is 10.6 Å². The first-order valence-electron chi connectivity index (χ1n) is 6.00. The van der Waals surface area contributed by atoms with Crippen molar-refractivity contribution in [1.29, 1.82) is 0 Å². The van der Waals surface area contributed by atoms with Gasteiger partial charge in [-0.25, -0.2) is 4.39 Å². The van der Waals surface area contributed by atoms with E-state index in [1.54, 1.807) is 0 Å². The number of halogens is 3. The summed E-state index contributed by atoms with van der Waals surface area (Å²) in [5, 5.41) is -0.900. The molecule has 0 saturated heterocycles. The minimum atomic E-state index is -0.914. The maximum absolute atomic E-state index is 13.4. The van der Waals surface area contributed by atoms with Gasteiger partial charge in [0.15, 0.2) is 5.12 Å². The summed E-state index contributed by atoms with van der Waals surface area (Å²) >= 11 is 12.0. The highest BCUT2D eigenvalue weighted by Crippen LogP contribution is 2.33. The summed E-state index contributed by atoms with van der Waals surface area (Å²) in [6.45, 7) is 6.13. The lowest BCUT2D eigenvalue weighted by Crippen LogP contribution is -2.07. The standard InChI is InChI=1S/C14H15Cl2FO2S/c1-14(2,3)5-4-12(18)20-11-6-8(13(16)19)10(17)7-9(11)15/h6-7H,4-5H2,1-3H3. The summed E-state index contributed by atoms with van der Waals surface area (Å²) in [5.41, 5.74) is -0.220. The van der Waals surface area contributed by atoms with Crippen LogP contribution in [0.5, 0.6) is 0 Å². The smallest absolute Gasteiger partial charge is 0.255 e. The molecule has 6 heteroatoms. The Bertz CT molecular complexity index is 539. The largest absolute Gasteiger partial charge is 0.287 e. The van der Waals surface area contributed by atoms with Crippen LogP contribution in [0, 0.1) is 11.2 Å². The van der Waals surface area contributed by atoms with Gasteiger partial charge >= 0.3 is 0 Å². The van der Waals surface area contributed by atoms with Gasteiger partial charge in [0, 0.05) is 11.3 Å². The van der Waals surface area contributed by atoms with Gasteiger partial charge in [-0.05, 0) is 35.6 Å². The van der Waals surface area contributed by atoms with Crippen LogP contribution < -0.4 is 0 Å². The van der Waals surface area contributed by atoms with E-state index >= 15 is 0 Å². The van der Waals surface area contributed by atoms with Gasteiger partial charge in [0.1, 0.15) is 5.82 Å². The fourth-order valence-corrected chi connectivity index (χ4v) is 2.60. The van der Waals surface area contributed by atoms with Crippen LogP contribution in [0.4, 0.5) is 4.39 Å². The number of thioether (sulfide) groups is 1. The van der Waals surface area contributed by atoms with Crippen molar-refractivity contribution in [2.45, 2.75) is 38.5 Å². The molecule has 1 aromatic rings. The van der Waals surface area contributed by atoms with Gasteiger partial charge in [0.2, 0.25) is 0 Å². The summed E-state index contributed by atoms with van der Waals surface area (Å²) in [4.78, 5) is 23.3. The Kier molecular flexibility index (Phi) is 6.05. The summed E-state index contributed by atoms with van der Waals surface area (Å²) in [7, 11) is 0. The molecule has 0 aromatic heterocycles. The minimum Gasteiger partial charge on any atom is -0.287 e. The Morgan fingerprint density at radius 3 is 2.40 bits per heavy atom. The molecule has 0 bridgehead atoms. The third-order valence-corrected chi connectivity index (χ3v) is 4.15. The van der Waals surface area contributed by atoms with Crippen LogP contribution in [-0.4, -0.2) is 10.4 Å². The van der Waals surface area contributed by atoms with E-state index in [0.717, 1.165) is 24.2 Å². The topological polar surface area (TPSA) is 34.1 Å². The van der Waals surface area contributed by atoms with Crippen LogP contribution >= 0.6 is 35.0 Å². The number of hydrogen-bond donors (Lipinski definition) is 0. The molecular formula is C14H15Cl2FO2S. The predicted octanol–water partition coefficient (Wildman–Crippen LogP) is 5.30. The minimum absolute atomic E-state index is 0.0556. The summed E-state index contributed by atoms with van der Waals surface area (Å²) in [5.74, 6) is -0.790. The molecule has 0 saturated carbocycles. The van der Waals surface area contributed by atoms with Crippen LogP contribution in [-0.2, 0) is 4.79 Å². The van der Waals surface area contributed by atoms with Gasteiger partial charge in [-0.1, -0.05) is 44.1 Å². The molecule has 0 heterocycles. The lowest BCUT2D eigenvalue weighted by molar-refractivity contribution is -0.111. The van der Waals surface area contributed by atoms with Gasteiger partial charge in [-0.2, -0.15) is 0 Å². The number of benzene rings is 1. The number of carbonyl (C=O) groups excluding carboxylic acids is 2. The van der Waals surface area contributed by atoms with E-state index in [1.165, 1.54) is 6.07 Å². The second-order valence-electron chi connectivity index (χ2n) is 5.57.